The van der Waals surface area contributed by atoms with Gasteiger partial charge in [0.15, 0.2) is 0 Å². The molecule has 2 N–H and O–H groups in total. The predicted octanol–water partition coefficient (Wildman–Crippen LogP) is 4.85. The van der Waals surface area contributed by atoms with Gasteiger partial charge in [0, 0.05) is 17.6 Å². The number of anilines is 1. The molecule has 3 nitrogen and oxygen atoms in total. The van der Waals surface area contributed by atoms with E-state index in [1.165, 1.54) is 37.8 Å². The summed E-state index contributed by atoms with van der Waals surface area (Å²) in [6.07, 6.45) is 6.99. The maximum Gasteiger partial charge on any atom is 0.112 e. The Hall–Kier alpha value is -1.51. The van der Waals surface area contributed by atoms with Gasteiger partial charge >= 0.3 is 0 Å². The van der Waals surface area contributed by atoms with Crippen LogP contribution in [0.25, 0.3) is 11.0 Å². The molecule has 1 aliphatic carbocycles. The third kappa shape index (κ3) is 3.39. The van der Waals surface area contributed by atoms with Crippen LogP contribution in [0.1, 0.15) is 58.7 Å². The number of hydrogen-bond donors (Lipinski definition) is 2. The molecule has 1 heterocycles. The summed E-state index contributed by atoms with van der Waals surface area (Å²) >= 11 is 0. The summed E-state index contributed by atoms with van der Waals surface area (Å²) in [5, 5.41) is 3.61. The second-order valence-electron chi connectivity index (χ2n) is 7.45. The minimum absolute atomic E-state index is 0.0642. The first-order chi connectivity index (χ1) is 10.0. The molecule has 0 aliphatic heterocycles. The van der Waals surface area contributed by atoms with Crippen LogP contribution < -0.4 is 5.32 Å². The lowest BCUT2D eigenvalue weighted by molar-refractivity contribution is 0.373. The number of fused-ring (bicyclic) bond motifs is 1. The molecule has 1 aromatic heterocycles. The zero-order chi connectivity index (χ0) is 14.9. The van der Waals surface area contributed by atoms with E-state index in [1.54, 1.807) is 0 Å². The topological polar surface area (TPSA) is 40.7 Å². The van der Waals surface area contributed by atoms with Crippen molar-refractivity contribution in [3.63, 3.8) is 0 Å². The molecule has 3 rings (SSSR count). The lowest BCUT2D eigenvalue weighted by Gasteiger charge is -2.22. The standard InChI is InChI=1S/C18H27N3/c1-18(2,3)17-20-15-10-9-14(11-16(15)21-17)19-12-13-7-5-4-6-8-13/h9-11,13,19H,4-8,12H2,1-3H3,(H,20,21). The number of imidazole rings is 1. The van der Waals surface area contributed by atoms with Gasteiger partial charge in [-0.15, -0.1) is 0 Å². The molecular formula is C18H27N3. The van der Waals surface area contributed by atoms with E-state index in [1.807, 2.05) is 0 Å². The maximum atomic E-state index is 4.69. The van der Waals surface area contributed by atoms with Gasteiger partial charge in [-0.1, -0.05) is 40.0 Å². The van der Waals surface area contributed by atoms with Crippen LogP contribution in [0.4, 0.5) is 5.69 Å². The zero-order valence-corrected chi connectivity index (χ0v) is 13.5. The van der Waals surface area contributed by atoms with Gasteiger partial charge in [0.05, 0.1) is 11.0 Å². The van der Waals surface area contributed by atoms with Crippen molar-refractivity contribution in [3.05, 3.63) is 24.0 Å². The van der Waals surface area contributed by atoms with Gasteiger partial charge < -0.3 is 10.3 Å². The molecule has 0 amide bonds. The van der Waals surface area contributed by atoms with Crippen LogP contribution in [0.5, 0.6) is 0 Å². The van der Waals surface area contributed by atoms with E-state index in [9.17, 15) is 0 Å². The lowest BCUT2D eigenvalue weighted by Crippen LogP contribution is -2.16. The van der Waals surface area contributed by atoms with E-state index in [4.69, 9.17) is 4.98 Å². The highest BCUT2D eigenvalue weighted by Crippen LogP contribution is 2.26. The van der Waals surface area contributed by atoms with Crippen LogP contribution in [0.15, 0.2) is 18.2 Å². The first-order valence-corrected chi connectivity index (χ1v) is 8.26. The third-order valence-corrected chi connectivity index (χ3v) is 4.51. The number of H-pyrrole nitrogens is 1. The Morgan fingerprint density at radius 1 is 1.19 bits per heavy atom. The largest absolute Gasteiger partial charge is 0.385 e. The first kappa shape index (κ1) is 14.4. The highest BCUT2D eigenvalue weighted by molar-refractivity contribution is 5.79. The Labute approximate surface area is 127 Å². The second kappa shape index (κ2) is 5.70. The van der Waals surface area contributed by atoms with Gasteiger partial charge in [-0.25, -0.2) is 4.98 Å². The lowest BCUT2D eigenvalue weighted by atomic mass is 9.89. The third-order valence-electron chi connectivity index (χ3n) is 4.51. The molecule has 1 saturated carbocycles. The molecule has 1 fully saturated rings. The van der Waals surface area contributed by atoms with Gasteiger partial charge in [0.2, 0.25) is 0 Å². The van der Waals surface area contributed by atoms with Crippen molar-refractivity contribution in [2.24, 2.45) is 5.92 Å². The highest BCUT2D eigenvalue weighted by Gasteiger charge is 2.18. The molecule has 114 valence electrons. The van der Waals surface area contributed by atoms with Crippen LogP contribution in [-0.2, 0) is 5.41 Å². The van der Waals surface area contributed by atoms with Crippen molar-refractivity contribution < 1.29 is 0 Å². The summed E-state index contributed by atoms with van der Waals surface area (Å²) < 4.78 is 0. The van der Waals surface area contributed by atoms with Crippen LogP contribution >= 0.6 is 0 Å². The van der Waals surface area contributed by atoms with E-state index in [0.717, 1.165) is 29.3 Å². The fourth-order valence-corrected chi connectivity index (χ4v) is 3.13. The fraction of sp³-hybridized carbons (Fsp3) is 0.611. The Morgan fingerprint density at radius 2 is 1.95 bits per heavy atom. The molecule has 3 heteroatoms. The summed E-state index contributed by atoms with van der Waals surface area (Å²) in [4.78, 5) is 8.15. The molecule has 1 aliphatic rings. The highest BCUT2D eigenvalue weighted by atomic mass is 14.9. The Balaban J connectivity index is 1.71. The average molecular weight is 285 g/mol. The number of rotatable bonds is 3. The first-order valence-electron chi connectivity index (χ1n) is 8.26. The molecule has 0 saturated heterocycles. The number of aromatic amines is 1. The summed E-state index contributed by atoms with van der Waals surface area (Å²) in [5.41, 5.74) is 3.46. The number of benzene rings is 1. The second-order valence-corrected chi connectivity index (χ2v) is 7.45. The molecule has 1 aromatic carbocycles. The van der Waals surface area contributed by atoms with E-state index >= 15 is 0 Å². The van der Waals surface area contributed by atoms with Crippen LogP contribution in [0, 0.1) is 5.92 Å². The van der Waals surface area contributed by atoms with Gasteiger partial charge in [0.1, 0.15) is 5.82 Å². The molecular weight excluding hydrogens is 258 g/mol. The number of hydrogen-bond acceptors (Lipinski definition) is 2. The molecule has 21 heavy (non-hydrogen) atoms. The van der Waals surface area contributed by atoms with Crippen molar-refractivity contribution in [2.45, 2.75) is 58.3 Å². The van der Waals surface area contributed by atoms with Gasteiger partial charge in [-0.3, -0.25) is 0 Å². The van der Waals surface area contributed by atoms with Crippen molar-refractivity contribution in [1.82, 2.24) is 9.97 Å². The molecule has 0 atom stereocenters. The molecule has 0 spiro atoms. The Morgan fingerprint density at radius 3 is 2.67 bits per heavy atom. The monoisotopic (exact) mass is 285 g/mol. The van der Waals surface area contributed by atoms with Gasteiger partial charge in [0.25, 0.3) is 0 Å². The summed E-state index contributed by atoms with van der Waals surface area (Å²) in [6.45, 7) is 7.67. The van der Waals surface area contributed by atoms with Gasteiger partial charge in [-0.2, -0.15) is 0 Å². The van der Waals surface area contributed by atoms with Crippen molar-refractivity contribution >= 4 is 16.7 Å². The maximum absolute atomic E-state index is 4.69. The van der Waals surface area contributed by atoms with E-state index in [-0.39, 0.29) is 5.41 Å². The van der Waals surface area contributed by atoms with E-state index in [0.29, 0.717) is 0 Å². The van der Waals surface area contributed by atoms with Gasteiger partial charge in [-0.05, 0) is 37.0 Å². The molecule has 0 radical (unpaired) electrons. The SMILES string of the molecule is CC(C)(C)c1nc2ccc(NCC3CCCCC3)cc2[nH]1. The Bertz CT molecular complexity index is 600. The summed E-state index contributed by atoms with van der Waals surface area (Å²) in [5.74, 6) is 1.91. The average Bonchev–Trinajstić information content (AvgIpc) is 2.89. The van der Waals surface area contributed by atoms with Crippen molar-refractivity contribution in [2.75, 3.05) is 11.9 Å². The van der Waals surface area contributed by atoms with E-state index < -0.39 is 0 Å². The quantitative estimate of drug-likeness (QED) is 0.846. The smallest absolute Gasteiger partial charge is 0.112 e. The van der Waals surface area contributed by atoms with Crippen molar-refractivity contribution in [3.8, 4) is 0 Å². The summed E-state index contributed by atoms with van der Waals surface area (Å²) in [7, 11) is 0. The van der Waals surface area contributed by atoms with Crippen molar-refractivity contribution in [1.29, 1.82) is 0 Å². The van der Waals surface area contributed by atoms with Crippen LogP contribution in [-0.4, -0.2) is 16.5 Å². The minimum Gasteiger partial charge on any atom is -0.385 e. The summed E-state index contributed by atoms with van der Waals surface area (Å²) in [6, 6.07) is 6.46. The normalized spacial score (nSPS) is 17.3. The van der Waals surface area contributed by atoms with Crippen LogP contribution in [0.2, 0.25) is 0 Å². The molecule has 2 aromatic rings. The van der Waals surface area contributed by atoms with Crippen LogP contribution in [0.3, 0.4) is 0 Å². The molecule has 0 bridgehead atoms. The number of nitrogens with zero attached hydrogens (tertiary/aromatic N) is 1. The fourth-order valence-electron chi connectivity index (χ4n) is 3.13. The van der Waals surface area contributed by atoms with E-state index in [2.05, 4.69) is 49.3 Å². The Kier molecular flexibility index (Phi) is 3.92. The number of nitrogens with one attached hydrogen (secondary N) is 2. The number of aromatic nitrogens is 2. The molecule has 0 unspecified atom stereocenters. The minimum atomic E-state index is 0.0642. The zero-order valence-electron chi connectivity index (χ0n) is 13.5. The predicted molar refractivity (Wildman–Crippen MR) is 89.9 cm³/mol.